The number of ketones is 2. The molecule has 4 N–H and O–H groups in total. The number of hydrogen-bond acceptors (Lipinski definition) is 8. The zero-order chi connectivity index (χ0) is 24.4. The van der Waals surface area contributed by atoms with Crippen molar-refractivity contribution in [2.75, 3.05) is 64.0 Å². The molecule has 4 rings (SSSR count). The maximum atomic E-state index is 13.6. The van der Waals surface area contributed by atoms with E-state index in [0.717, 1.165) is 39.0 Å². The summed E-state index contributed by atoms with van der Waals surface area (Å²) in [5.41, 5.74) is 1.17. The second-order valence-corrected chi connectivity index (χ2v) is 9.71. The van der Waals surface area contributed by atoms with Crippen LogP contribution in [0.2, 0.25) is 0 Å². The first-order valence-corrected chi connectivity index (χ1v) is 12.0. The molecule has 0 unspecified atom stereocenters. The number of fused-ring (bicyclic) bond motifs is 2. The van der Waals surface area contributed by atoms with E-state index in [0.29, 0.717) is 24.5 Å². The molecule has 8 nitrogen and oxygen atoms in total. The fourth-order valence-corrected chi connectivity index (χ4v) is 4.74. The zero-order valence-corrected chi connectivity index (χ0v) is 20.3. The molecule has 0 atom stereocenters. The smallest absolute Gasteiger partial charge is 0.200 e. The number of halogens is 1. The molecule has 0 aromatic heterocycles. The van der Waals surface area contributed by atoms with Crippen molar-refractivity contribution in [3.05, 3.63) is 46.5 Å². The average molecular weight is 487 g/mol. The van der Waals surface area contributed by atoms with Crippen LogP contribution in [0.15, 0.2) is 24.3 Å². The highest BCUT2D eigenvalue weighted by Gasteiger charge is 2.38. The summed E-state index contributed by atoms with van der Waals surface area (Å²) in [6.45, 7) is 4.54. The number of carbonyl (C=O) groups excluding carboxylic acids is 2. The molecule has 1 fully saturated rings. The van der Waals surface area contributed by atoms with Gasteiger partial charge in [-0.2, -0.15) is 0 Å². The minimum absolute atomic E-state index is 0.157. The van der Waals surface area contributed by atoms with Gasteiger partial charge in [0.1, 0.15) is 11.5 Å². The Kier molecular flexibility index (Phi) is 7.30. The maximum Gasteiger partial charge on any atom is 0.200 e. The highest BCUT2D eigenvalue weighted by atomic mass is 35.5. The van der Waals surface area contributed by atoms with E-state index in [2.05, 4.69) is 15.5 Å². The van der Waals surface area contributed by atoms with Crippen molar-refractivity contribution >= 4 is 34.5 Å². The van der Waals surface area contributed by atoms with Crippen LogP contribution in [-0.4, -0.2) is 90.3 Å². The Morgan fingerprint density at radius 2 is 1.38 bits per heavy atom. The lowest BCUT2D eigenvalue weighted by Gasteiger charge is -2.29. The van der Waals surface area contributed by atoms with Gasteiger partial charge < -0.3 is 30.6 Å². The third kappa shape index (κ3) is 4.85. The van der Waals surface area contributed by atoms with Gasteiger partial charge in [0.05, 0.1) is 22.3 Å². The number of hydrogen-bond donors (Lipinski definition) is 4. The normalized spacial score (nSPS) is 16.5. The third-order valence-electron chi connectivity index (χ3n) is 6.41. The van der Waals surface area contributed by atoms with Gasteiger partial charge in [0, 0.05) is 42.9 Å². The number of phenols is 2. The number of likely N-dealkylation sites (N-methyl/N-ethyl adjacent to an activating group) is 1. The molecular weight excluding hydrogens is 456 g/mol. The summed E-state index contributed by atoms with van der Waals surface area (Å²) in [5.74, 6) is -1.62. The molecular formula is C25H31ClN4O4. The number of aromatic hydroxyl groups is 2. The Labute approximate surface area is 204 Å². The first-order valence-electron chi connectivity index (χ1n) is 11.6. The highest BCUT2D eigenvalue weighted by Crippen LogP contribution is 2.42. The predicted octanol–water partition coefficient (Wildman–Crippen LogP) is 2.96. The Bertz CT molecular complexity index is 1100. The molecule has 0 amide bonds. The van der Waals surface area contributed by atoms with Gasteiger partial charge in [-0.15, -0.1) is 11.6 Å². The van der Waals surface area contributed by atoms with Gasteiger partial charge in [-0.1, -0.05) is 0 Å². The van der Waals surface area contributed by atoms with E-state index in [1.165, 1.54) is 12.1 Å². The largest absolute Gasteiger partial charge is 0.507 e. The van der Waals surface area contributed by atoms with Gasteiger partial charge in [0.2, 0.25) is 11.6 Å². The maximum absolute atomic E-state index is 13.6. The SMILES string of the molecule is CN(C)CCNc1ccc(NCCN2CCC(Cl)CC2)c2c1C(=O)c1c(O)ccc(O)c1C2=O. The summed E-state index contributed by atoms with van der Waals surface area (Å²) in [7, 11) is 3.90. The lowest BCUT2D eigenvalue weighted by Crippen LogP contribution is -2.37. The zero-order valence-electron chi connectivity index (χ0n) is 19.5. The van der Waals surface area contributed by atoms with Crippen LogP contribution in [0.1, 0.15) is 44.7 Å². The quantitative estimate of drug-likeness (QED) is 0.284. The second kappa shape index (κ2) is 10.2. The predicted molar refractivity (Wildman–Crippen MR) is 134 cm³/mol. The first-order chi connectivity index (χ1) is 16.3. The average Bonchev–Trinajstić information content (AvgIpc) is 2.80. The van der Waals surface area contributed by atoms with E-state index in [-0.39, 0.29) is 39.1 Å². The Morgan fingerprint density at radius 1 is 0.882 bits per heavy atom. The molecule has 1 saturated heterocycles. The van der Waals surface area contributed by atoms with Crippen LogP contribution in [0.4, 0.5) is 11.4 Å². The molecule has 0 spiro atoms. The standard InChI is InChI=1S/C25H31ClN4O4/c1-29(2)13-9-27-16-3-4-17(28-10-14-30-11-7-15(26)8-12-30)21-20(16)24(33)22-18(31)5-6-19(32)23(22)25(21)34/h3-6,15,27-28,31-32H,7-14H2,1-2H3. The number of anilines is 2. The molecule has 0 bridgehead atoms. The van der Waals surface area contributed by atoms with Gasteiger partial charge >= 0.3 is 0 Å². The van der Waals surface area contributed by atoms with Gasteiger partial charge in [0.15, 0.2) is 0 Å². The fraction of sp³-hybridized carbons (Fsp3) is 0.440. The van der Waals surface area contributed by atoms with E-state index >= 15 is 0 Å². The Hall–Kier alpha value is -2.81. The summed E-state index contributed by atoms with van der Waals surface area (Å²) in [4.78, 5) is 31.4. The molecule has 34 heavy (non-hydrogen) atoms. The van der Waals surface area contributed by atoms with Crippen LogP contribution in [0.25, 0.3) is 0 Å². The van der Waals surface area contributed by atoms with E-state index in [1.807, 2.05) is 19.0 Å². The lowest BCUT2D eigenvalue weighted by atomic mass is 9.81. The molecule has 0 saturated carbocycles. The number of benzene rings is 2. The van der Waals surface area contributed by atoms with Crippen molar-refractivity contribution in [2.45, 2.75) is 18.2 Å². The summed E-state index contributed by atoms with van der Waals surface area (Å²) >= 11 is 6.20. The number of carbonyl (C=O) groups is 2. The monoisotopic (exact) mass is 486 g/mol. The van der Waals surface area contributed by atoms with Crippen LogP contribution in [0.5, 0.6) is 11.5 Å². The number of nitrogens with one attached hydrogen (secondary N) is 2. The van der Waals surface area contributed by atoms with Crippen LogP contribution >= 0.6 is 11.6 Å². The molecule has 182 valence electrons. The van der Waals surface area contributed by atoms with Gasteiger partial charge in [0.25, 0.3) is 0 Å². The lowest BCUT2D eigenvalue weighted by molar-refractivity contribution is 0.0975. The van der Waals surface area contributed by atoms with E-state index in [9.17, 15) is 19.8 Å². The molecule has 2 aromatic carbocycles. The minimum atomic E-state index is -0.488. The Morgan fingerprint density at radius 3 is 1.88 bits per heavy atom. The molecule has 9 heteroatoms. The van der Waals surface area contributed by atoms with Crippen molar-refractivity contribution in [1.82, 2.24) is 9.80 Å². The summed E-state index contributed by atoms with van der Waals surface area (Å²) < 4.78 is 0. The van der Waals surface area contributed by atoms with Crippen LogP contribution in [0.3, 0.4) is 0 Å². The Balaban J connectivity index is 1.65. The van der Waals surface area contributed by atoms with Gasteiger partial charge in [-0.25, -0.2) is 0 Å². The minimum Gasteiger partial charge on any atom is -0.507 e. The second-order valence-electron chi connectivity index (χ2n) is 9.10. The number of alkyl halides is 1. The third-order valence-corrected chi connectivity index (χ3v) is 6.85. The summed E-state index contributed by atoms with van der Waals surface area (Å²) in [5, 5.41) is 27.6. The molecule has 1 aliphatic carbocycles. The number of likely N-dealkylation sites (tertiary alicyclic amines) is 1. The van der Waals surface area contributed by atoms with E-state index in [4.69, 9.17) is 11.6 Å². The van der Waals surface area contributed by atoms with Crippen LogP contribution in [0, 0.1) is 0 Å². The molecule has 2 aliphatic rings. The molecule has 1 heterocycles. The summed E-state index contributed by atoms with van der Waals surface area (Å²) in [6.07, 6.45) is 1.91. The van der Waals surface area contributed by atoms with Gasteiger partial charge in [-0.05, 0) is 64.3 Å². The number of nitrogens with zero attached hydrogens (tertiary/aromatic N) is 2. The van der Waals surface area contributed by atoms with Crippen molar-refractivity contribution in [2.24, 2.45) is 0 Å². The number of phenolic OH excluding ortho intramolecular Hbond substituents is 2. The fourth-order valence-electron chi connectivity index (χ4n) is 4.55. The van der Waals surface area contributed by atoms with E-state index in [1.54, 1.807) is 12.1 Å². The molecule has 2 aromatic rings. The van der Waals surface area contributed by atoms with Crippen LogP contribution < -0.4 is 10.6 Å². The number of rotatable bonds is 8. The molecule has 0 radical (unpaired) electrons. The van der Waals surface area contributed by atoms with E-state index < -0.39 is 11.6 Å². The summed E-state index contributed by atoms with van der Waals surface area (Å²) in [6, 6.07) is 6.04. The highest BCUT2D eigenvalue weighted by molar-refractivity contribution is 6.33. The van der Waals surface area contributed by atoms with Crippen molar-refractivity contribution in [1.29, 1.82) is 0 Å². The topological polar surface area (TPSA) is 105 Å². The van der Waals surface area contributed by atoms with Gasteiger partial charge in [-0.3, -0.25) is 9.59 Å². The first kappa shape index (κ1) is 24.3. The van der Waals surface area contributed by atoms with Crippen molar-refractivity contribution in [3.8, 4) is 11.5 Å². The molecule has 1 aliphatic heterocycles. The van der Waals surface area contributed by atoms with Crippen molar-refractivity contribution in [3.63, 3.8) is 0 Å². The number of piperidine rings is 1. The van der Waals surface area contributed by atoms with Crippen LogP contribution in [-0.2, 0) is 0 Å². The van der Waals surface area contributed by atoms with Crippen molar-refractivity contribution < 1.29 is 19.8 Å².